The zero-order valence-electron chi connectivity index (χ0n) is 25.6. The standard InChI is InChI=1S/C34H44N6O3/c1-4-23-21-30(40-18-6-7-28(22-40)37-34(42)26-10-14-29(15-11-26)43-5-2)38-33(31(23)32(35)41)36-27-12-8-24(9-13-27)25-16-19-39(3)20-17-25/h8-15,21,25,28H,4-7,16-20,22H2,1-3H3,(H2,35,41)(H,36,38)(H,37,42). The molecule has 2 amide bonds. The predicted molar refractivity (Wildman–Crippen MR) is 172 cm³/mol. The third-order valence-corrected chi connectivity index (χ3v) is 8.59. The number of amides is 2. The number of carbonyl (C=O) groups excluding carboxylic acids is 2. The fourth-order valence-electron chi connectivity index (χ4n) is 6.15. The van der Waals surface area contributed by atoms with E-state index in [9.17, 15) is 9.59 Å². The van der Waals surface area contributed by atoms with Gasteiger partial charge in [-0.2, -0.15) is 0 Å². The summed E-state index contributed by atoms with van der Waals surface area (Å²) in [5.74, 6) is 1.95. The number of hydrogen-bond acceptors (Lipinski definition) is 7. The molecule has 5 rings (SSSR count). The molecule has 43 heavy (non-hydrogen) atoms. The number of ether oxygens (including phenoxy) is 1. The van der Waals surface area contributed by atoms with Gasteiger partial charge in [-0.25, -0.2) is 4.98 Å². The molecule has 9 nitrogen and oxygen atoms in total. The summed E-state index contributed by atoms with van der Waals surface area (Å²) in [6.07, 6.45) is 4.76. The third-order valence-electron chi connectivity index (χ3n) is 8.59. The molecule has 0 spiro atoms. The summed E-state index contributed by atoms with van der Waals surface area (Å²) in [5, 5.41) is 6.59. The monoisotopic (exact) mass is 584 g/mol. The van der Waals surface area contributed by atoms with E-state index in [1.165, 1.54) is 5.56 Å². The van der Waals surface area contributed by atoms with Gasteiger partial charge in [0.05, 0.1) is 12.2 Å². The fraction of sp³-hybridized carbons (Fsp3) is 0.441. The molecular weight excluding hydrogens is 540 g/mol. The van der Waals surface area contributed by atoms with Crippen LogP contribution in [0.4, 0.5) is 17.3 Å². The molecule has 2 aromatic carbocycles. The average Bonchev–Trinajstić information content (AvgIpc) is 3.02. The Labute approximate surface area is 254 Å². The first-order valence-corrected chi connectivity index (χ1v) is 15.5. The van der Waals surface area contributed by atoms with Gasteiger partial charge < -0.3 is 30.9 Å². The van der Waals surface area contributed by atoms with Crippen LogP contribution in [0.5, 0.6) is 5.75 Å². The molecule has 9 heteroatoms. The van der Waals surface area contributed by atoms with Gasteiger partial charge in [-0.1, -0.05) is 19.1 Å². The Balaban J connectivity index is 1.32. The maximum absolute atomic E-state index is 13.0. The number of nitrogens with one attached hydrogen (secondary N) is 2. The summed E-state index contributed by atoms with van der Waals surface area (Å²) >= 11 is 0. The van der Waals surface area contributed by atoms with E-state index in [1.54, 1.807) is 12.1 Å². The van der Waals surface area contributed by atoms with Crippen molar-refractivity contribution < 1.29 is 14.3 Å². The zero-order valence-corrected chi connectivity index (χ0v) is 25.6. The number of aromatic nitrogens is 1. The highest BCUT2D eigenvalue weighted by Crippen LogP contribution is 2.31. The van der Waals surface area contributed by atoms with Gasteiger partial charge in [0.25, 0.3) is 11.8 Å². The molecule has 0 radical (unpaired) electrons. The van der Waals surface area contributed by atoms with Crippen molar-refractivity contribution in [1.82, 2.24) is 15.2 Å². The fourth-order valence-corrected chi connectivity index (χ4v) is 6.15. The molecule has 2 saturated heterocycles. The minimum absolute atomic E-state index is 0.0287. The van der Waals surface area contributed by atoms with Gasteiger partial charge in [-0.3, -0.25) is 9.59 Å². The van der Waals surface area contributed by atoms with Gasteiger partial charge in [0.2, 0.25) is 0 Å². The number of anilines is 3. The lowest BCUT2D eigenvalue weighted by Crippen LogP contribution is -2.48. The van der Waals surface area contributed by atoms with Crippen molar-refractivity contribution in [2.45, 2.75) is 57.9 Å². The Morgan fingerprint density at radius 1 is 1.00 bits per heavy atom. The van der Waals surface area contributed by atoms with Crippen molar-refractivity contribution in [3.8, 4) is 5.75 Å². The van der Waals surface area contributed by atoms with E-state index in [4.69, 9.17) is 15.5 Å². The van der Waals surface area contributed by atoms with Crippen LogP contribution in [0, 0.1) is 0 Å². The van der Waals surface area contributed by atoms with Gasteiger partial charge in [0, 0.05) is 30.4 Å². The van der Waals surface area contributed by atoms with Crippen LogP contribution >= 0.6 is 0 Å². The van der Waals surface area contributed by atoms with Crippen LogP contribution in [0.3, 0.4) is 0 Å². The van der Waals surface area contributed by atoms with E-state index in [-0.39, 0.29) is 11.9 Å². The van der Waals surface area contributed by atoms with Gasteiger partial charge in [-0.05, 0) is 119 Å². The van der Waals surface area contributed by atoms with Crippen LogP contribution in [-0.4, -0.2) is 67.6 Å². The van der Waals surface area contributed by atoms with E-state index < -0.39 is 5.91 Å². The van der Waals surface area contributed by atoms with Crippen molar-refractivity contribution in [1.29, 1.82) is 0 Å². The summed E-state index contributed by atoms with van der Waals surface area (Å²) in [5.41, 5.74) is 9.95. The molecule has 228 valence electrons. The van der Waals surface area contributed by atoms with Crippen LogP contribution in [0.1, 0.15) is 77.3 Å². The van der Waals surface area contributed by atoms with Crippen molar-refractivity contribution in [3.63, 3.8) is 0 Å². The highest BCUT2D eigenvalue weighted by molar-refractivity contribution is 6.00. The molecule has 1 unspecified atom stereocenters. The van der Waals surface area contributed by atoms with E-state index >= 15 is 0 Å². The van der Waals surface area contributed by atoms with E-state index in [1.807, 2.05) is 32.0 Å². The number of carbonyl (C=O) groups is 2. The second-order valence-electron chi connectivity index (χ2n) is 11.6. The summed E-state index contributed by atoms with van der Waals surface area (Å²) < 4.78 is 5.50. The van der Waals surface area contributed by atoms with Gasteiger partial charge in [-0.15, -0.1) is 0 Å². The van der Waals surface area contributed by atoms with Crippen LogP contribution in [0.2, 0.25) is 0 Å². The zero-order chi connectivity index (χ0) is 30.3. The van der Waals surface area contributed by atoms with E-state index in [2.05, 4.69) is 51.7 Å². The second kappa shape index (κ2) is 13.9. The summed E-state index contributed by atoms with van der Waals surface area (Å²) in [4.78, 5) is 35.1. The molecule has 3 aromatic rings. The van der Waals surface area contributed by atoms with Gasteiger partial charge >= 0.3 is 0 Å². The first-order valence-electron chi connectivity index (χ1n) is 15.5. The van der Waals surface area contributed by atoms with Crippen LogP contribution < -0.4 is 26.0 Å². The molecule has 0 aliphatic carbocycles. The topological polar surface area (TPSA) is 113 Å². The van der Waals surface area contributed by atoms with Crippen molar-refractivity contribution in [2.75, 3.05) is 50.1 Å². The molecule has 4 N–H and O–H groups in total. The quantitative estimate of drug-likeness (QED) is 0.304. The van der Waals surface area contributed by atoms with E-state index in [0.29, 0.717) is 42.4 Å². The maximum Gasteiger partial charge on any atom is 0.252 e. The molecule has 0 saturated carbocycles. The number of rotatable bonds is 10. The minimum atomic E-state index is -0.500. The largest absolute Gasteiger partial charge is 0.494 e. The number of piperidine rings is 2. The number of aryl methyl sites for hydroxylation is 1. The lowest BCUT2D eigenvalue weighted by Gasteiger charge is -2.34. The first-order chi connectivity index (χ1) is 20.8. The molecular formula is C34H44N6O3. The van der Waals surface area contributed by atoms with Crippen molar-refractivity contribution in [2.24, 2.45) is 5.73 Å². The number of nitrogens with zero attached hydrogens (tertiary/aromatic N) is 3. The van der Waals surface area contributed by atoms with Gasteiger partial charge in [0.15, 0.2) is 0 Å². The molecule has 1 aromatic heterocycles. The Hall–Kier alpha value is -4.11. The minimum Gasteiger partial charge on any atom is -0.494 e. The van der Waals surface area contributed by atoms with Crippen molar-refractivity contribution >= 4 is 29.1 Å². The number of benzene rings is 2. The maximum atomic E-state index is 13.0. The number of primary amides is 1. The van der Waals surface area contributed by atoms with Crippen molar-refractivity contribution in [3.05, 3.63) is 76.9 Å². The Morgan fingerprint density at radius 3 is 2.37 bits per heavy atom. The summed E-state index contributed by atoms with van der Waals surface area (Å²) in [6.45, 7) is 8.20. The predicted octanol–water partition coefficient (Wildman–Crippen LogP) is 5.09. The molecule has 2 fully saturated rings. The van der Waals surface area contributed by atoms with Crippen LogP contribution in [-0.2, 0) is 6.42 Å². The lowest BCUT2D eigenvalue weighted by atomic mass is 9.89. The van der Waals surface area contributed by atoms with Crippen LogP contribution in [0.15, 0.2) is 54.6 Å². The van der Waals surface area contributed by atoms with E-state index in [0.717, 1.165) is 68.1 Å². The summed E-state index contributed by atoms with van der Waals surface area (Å²) in [6, 6.07) is 17.6. The number of pyridine rings is 1. The second-order valence-corrected chi connectivity index (χ2v) is 11.6. The Morgan fingerprint density at radius 2 is 1.72 bits per heavy atom. The third kappa shape index (κ3) is 7.46. The number of hydrogen-bond donors (Lipinski definition) is 3. The molecule has 3 heterocycles. The highest BCUT2D eigenvalue weighted by Gasteiger charge is 2.26. The molecule has 2 aliphatic heterocycles. The SMILES string of the molecule is CCOc1ccc(C(=O)NC2CCCN(c3cc(CC)c(C(N)=O)c(Nc4ccc(C5CCN(C)CC5)cc4)n3)C2)cc1. The number of likely N-dealkylation sites (tertiary alicyclic amines) is 1. The molecule has 2 aliphatic rings. The average molecular weight is 585 g/mol. The summed E-state index contributed by atoms with van der Waals surface area (Å²) in [7, 11) is 2.18. The van der Waals surface area contributed by atoms with Gasteiger partial charge in [0.1, 0.15) is 17.4 Å². The van der Waals surface area contributed by atoms with Crippen LogP contribution in [0.25, 0.3) is 0 Å². The highest BCUT2D eigenvalue weighted by atomic mass is 16.5. The number of nitrogens with two attached hydrogens (primary N) is 1. The Kier molecular flexibility index (Phi) is 9.82. The molecule has 1 atom stereocenters. The lowest BCUT2D eigenvalue weighted by molar-refractivity contribution is 0.0932. The molecule has 0 bridgehead atoms. The Bertz CT molecular complexity index is 1400. The smallest absolute Gasteiger partial charge is 0.252 e. The normalized spacial score (nSPS) is 17.8. The first kappa shape index (κ1) is 30.4.